The van der Waals surface area contributed by atoms with Gasteiger partial charge in [0.2, 0.25) is 0 Å². The van der Waals surface area contributed by atoms with Gasteiger partial charge >= 0.3 is 12.1 Å². The molecule has 14 nitrogen and oxygen atoms in total. The number of rotatable bonds is 7. The first kappa shape index (κ1) is 38.1. The molecule has 2 aliphatic rings. The number of amides is 1. The van der Waals surface area contributed by atoms with Crippen molar-refractivity contribution in [3.8, 4) is 28.3 Å². The molecule has 5 aromatic rings. The zero-order chi connectivity index (χ0) is 37.7. The predicted molar refractivity (Wildman–Crippen MR) is 200 cm³/mol. The van der Waals surface area contributed by atoms with Crippen molar-refractivity contribution in [2.24, 2.45) is 5.92 Å². The third-order valence-corrected chi connectivity index (χ3v) is 9.48. The molecule has 0 atom stereocenters. The first-order chi connectivity index (χ1) is 25.6. The van der Waals surface area contributed by atoms with Crippen LogP contribution in [0, 0.1) is 26.1 Å². The largest absolute Gasteiger partial charge is 0.424 e. The SMILES string of the molecule is CCC1CCCC1.CN(C(=O)n1cnc(-c2cccc([N+](=O)[O-])c2)c1)C1CCCC1.O=C(Oc1ccccc1)n1cnc(-c2cccc([N+](=O)[O-])c2)c1. The normalized spacial score (nSPS) is 14.0. The third kappa shape index (κ3) is 10.4. The average Bonchev–Trinajstić information content (AvgIpc) is 4.03. The van der Waals surface area contributed by atoms with E-state index in [1.54, 1.807) is 59.6 Å². The molecule has 2 aromatic heterocycles. The Hall–Kier alpha value is -6.18. The van der Waals surface area contributed by atoms with Crippen LogP contribution in [0.1, 0.15) is 64.7 Å². The lowest BCUT2D eigenvalue weighted by molar-refractivity contribution is -0.385. The summed E-state index contributed by atoms with van der Waals surface area (Å²) in [6, 6.07) is 21.1. The number of non-ortho nitro benzene ring substituents is 2. The van der Waals surface area contributed by atoms with Gasteiger partial charge in [0.1, 0.15) is 18.4 Å². The second-order valence-electron chi connectivity index (χ2n) is 13.0. The van der Waals surface area contributed by atoms with Crippen molar-refractivity contribution in [3.05, 3.63) is 124 Å². The fourth-order valence-electron chi connectivity index (χ4n) is 6.40. The number of nitro groups is 2. The van der Waals surface area contributed by atoms with E-state index in [1.165, 1.54) is 84.4 Å². The van der Waals surface area contributed by atoms with Gasteiger partial charge in [0.25, 0.3) is 11.4 Å². The van der Waals surface area contributed by atoms with E-state index in [0.717, 1.165) is 31.6 Å². The molecule has 0 unspecified atom stereocenters. The summed E-state index contributed by atoms with van der Waals surface area (Å²) < 4.78 is 7.81. The Morgan fingerprint density at radius 1 is 0.755 bits per heavy atom. The Balaban J connectivity index is 0.000000173. The summed E-state index contributed by atoms with van der Waals surface area (Å²) in [5, 5.41) is 21.7. The highest BCUT2D eigenvalue weighted by Gasteiger charge is 2.24. The van der Waals surface area contributed by atoms with Crippen molar-refractivity contribution in [2.45, 2.75) is 70.8 Å². The first-order valence-electron chi connectivity index (χ1n) is 17.7. The summed E-state index contributed by atoms with van der Waals surface area (Å²) in [5.41, 5.74) is 2.12. The number of para-hydroxylation sites is 1. The molecule has 0 N–H and O–H groups in total. The number of carbonyl (C=O) groups is 2. The highest BCUT2D eigenvalue weighted by atomic mass is 16.6. The molecule has 0 saturated heterocycles. The maximum Gasteiger partial charge on any atom is 0.424 e. The van der Waals surface area contributed by atoms with E-state index in [0.29, 0.717) is 28.3 Å². The van der Waals surface area contributed by atoms with Crippen LogP contribution in [0.3, 0.4) is 0 Å². The van der Waals surface area contributed by atoms with Crippen LogP contribution in [0.5, 0.6) is 5.75 Å². The van der Waals surface area contributed by atoms with E-state index >= 15 is 0 Å². The topological polar surface area (TPSA) is 169 Å². The summed E-state index contributed by atoms with van der Waals surface area (Å²) in [7, 11) is 1.81. The van der Waals surface area contributed by atoms with Crippen molar-refractivity contribution in [1.82, 2.24) is 24.0 Å². The van der Waals surface area contributed by atoms with Gasteiger partial charge in [0, 0.05) is 60.9 Å². The Bertz CT molecular complexity index is 2000. The fourth-order valence-corrected chi connectivity index (χ4v) is 6.40. The molecule has 14 heteroatoms. The number of nitrogens with zero attached hydrogens (tertiary/aromatic N) is 7. The summed E-state index contributed by atoms with van der Waals surface area (Å²) in [5.74, 6) is 1.52. The molecule has 2 saturated carbocycles. The van der Waals surface area contributed by atoms with Crippen LogP contribution in [0.4, 0.5) is 21.0 Å². The quantitative estimate of drug-likeness (QED) is 0.117. The zero-order valence-corrected chi connectivity index (χ0v) is 29.8. The van der Waals surface area contributed by atoms with Crippen LogP contribution in [0.15, 0.2) is 104 Å². The van der Waals surface area contributed by atoms with E-state index < -0.39 is 15.9 Å². The Morgan fingerprint density at radius 3 is 1.77 bits per heavy atom. The number of aromatic nitrogens is 4. The molecule has 2 heterocycles. The fraction of sp³-hybridized carbons (Fsp3) is 0.333. The lowest BCUT2D eigenvalue weighted by atomic mass is 10.1. The maximum absolute atomic E-state index is 12.5. The minimum Gasteiger partial charge on any atom is -0.410 e. The second-order valence-corrected chi connectivity index (χ2v) is 13.0. The maximum atomic E-state index is 12.5. The molecule has 276 valence electrons. The summed E-state index contributed by atoms with van der Waals surface area (Å²) >= 11 is 0. The molecule has 0 aliphatic heterocycles. The molecule has 0 spiro atoms. The van der Waals surface area contributed by atoms with Gasteiger partial charge in [-0.05, 0) is 30.9 Å². The van der Waals surface area contributed by atoms with Crippen molar-refractivity contribution in [3.63, 3.8) is 0 Å². The molecule has 0 bridgehead atoms. The molecule has 1 amide bonds. The number of imidazole rings is 2. The van der Waals surface area contributed by atoms with Gasteiger partial charge < -0.3 is 9.64 Å². The van der Waals surface area contributed by atoms with E-state index in [1.807, 2.05) is 13.1 Å². The molecular formula is C39H43N7O7. The Kier molecular flexibility index (Phi) is 13.2. The van der Waals surface area contributed by atoms with Crippen molar-refractivity contribution in [1.29, 1.82) is 0 Å². The molecule has 2 aliphatic carbocycles. The summed E-state index contributed by atoms with van der Waals surface area (Å²) in [6.45, 7) is 2.30. The smallest absolute Gasteiger partial charge is 0.410 e. The van der Waals surface area contributed by atoms with E-state index in [2.05, 4.69) is 16.9 Å². The lowest BCUT2D eigenvalue weighted by Gasteiger charge is -2.23. The van der Waals surface area contributed by atoms with Gasteiger partial charge in [-0.2, -0.15) is 0 Å². The van der Waals surface area contributed by atoms with Gasteiger partial charge in [-0.3, -0.25) is 24.8 Å². The van der Waals surface area contributed by atoms with Gasteiger partial charge in [-0.25, -0.2) is 24.1 Å². The molecule has 3 aromatic carbocycles. The van der Waals surface area contributed by atoms with Crippen LogP contribution >= 0.6 is 0 Å². The minimum atomic E-state index is -0.611. The van der Waals surface area contributed by atoms with Crippen LogP contribution in [-0.2, 0) is 0 Å². The molecule has 0 radical (unpaired) electrons. The highest BCUT2D eigenvalue weighted by molar-refractivity contribution is 5.78. The first-order valence-corrected chi connectivity index (χ1v) is 17.7. The van der Waals surface area contributed by atoms with Crippen LogP contribution in [-0.4, -0.2) is 59.1 Å². The number of benzene rings is 3. The van der Waals surface area contributed by atoms with Gasteiger partial charge in [-0.15, -0.1) is 0 Å². The van der Waals surface area contributed by atoms with Crippen LogP contribution in [0.2, 0.25) is 0 Å². The van der Waals surface area contributed by atoms with Gasteiger partial charge in [0.15, 0.2) is 0 Å². The monoisotopic (exact) mass is 721 g/mol. The van der Waals surface area contributed by atoms with Crippen LogP contribution in [0.25, 0.3) is 22.5 Å². The van der Waals surface area contributed by atoms with Crippen molar-refractivity contribution in [2.75, 3.05) is 7.05 Å². The zero-order valence-electron chi connectivity index (χ0n) is 29.8. The second kappa shape index (κ2) is 18.4. The third-order valence-electron chi connectivity index (χ3n) is 9.48. The molecule has 2 fully saturated rings. The summed E-state index contributed by atoms with van der Waals surface area (Å²) in [6.07, 6.45) is 17.1. The van der Waals surface area contributed by atoms with Crippen molar-refractivity contribution < 1.29 is 24.2 Å². The van der Waals surface area contributed by atoms with Crippen LogP contribution < -0.4 is 4.74 Å². The molecular weight excluding hydrogens is 678 g/mol. The lowest BCUT2D eigenvalue weighted by Crippen LogP contribution is -2.37. The minimum absolute atomic E-state index is 0.00597. The highest BCUT2D eigenvalue weighted by Crippen LogP contribution is 2.27. The number of carbonyl (C=O) groups excluding carboxylic acids is 2. The molecule has 53 heavy (non-hydrogen) atoms. The molecule has 7 rings (SSSR count). The average molecular weight is 722 g/mol. The predicted octanol–water partition coefficient (Wildman–Crippen LogP) is 9.39. The number of hydrogen-bond acceptors (Lipinski definition) is 9. The Morgan fingerprint density at radius 2 is 1.26 bits per heavy atom. The number of nitro benzene ring substituents is 2. The van der Waals surface area contributed by atoms with E-state index in [9.17, 15) is 29.8 Å². The standard InChI is InChI=1S/C16H18N4O3.C16H11N3O4.C7H14/c1-18(13-6-2-3-7-13)16(21)19-10-15(17-11-19)12-5-4-8-14(9-12)20(22)23;20-16(23-14-7-2-1-3-8-14)18-10-15(17-11-18)12-5-4-6-13(9-12)19(21)22;1-2-7-5-3-4-6-7/h4-5,8-11,13H,2-3,6-7H2,1H3;1-11H;7H,2-6H2,1H3. The summed E-state index contributed by atoms with van der Waals surface area (Å²) in [4.78, 5) is 55.3. The Labute approximate surface area is 307 Å². The van der Waals surface area contributed by atoms with Crippen molar-refractivity contribution >= 4 is 23.5 Å². The number of hydrogen-bond donors (Lipinski definition) is 0. The van der Waals surface area contributed by atoms with E-state index in [4.69, 9.17) is 4.74 Å². The van der Waals surface area contributed by atoms with Gasteiger partial charge in [-0.1, -0.05) is 94.3 Å². The van der Waals surface area contributed by atoms with Gasteiger partial charge in [0.05, 0.1) is 21.2 Å². The number of ether oxygens (including phenoxy) is 1. The van der Waals surface area contributed by atoms with E-state index in [-0.39, 0.29) is 23.4 Å².